The van der Waals surface area contributed by atoms with Crippen LogP contribution in [0.3, 0.4) is 0 Å². The molecular weight excluding hydrogens is 353 g/mol. The fraction of sp³-hybridized carbons (Fsp3) is 0.176. The van der Waals surface area contributed by atoms with Gasteiger partial charge in [-0.25, -0.2) is 9.18 Å². The summed E-state index contributed by atoms with van der Waals surface area (Å²) >= 11 is 7.41. The summed E-state index contributed by atoms with van der Waals surface area (Å²) in [6.45, 7) is 0. The number of carbonyl (C=O) groups excluding carboxylic acids is 2. The summed E-state index contributed by atoms with van der Waals surface area (Å²) in [6.07, 6.45) is 0. The van der Waals surface area contributed by atoms with Gasteiger partial charge in [0.25, 0.3) is 0 Å². The molecule has 0 aliphatic heterocycles. The second-order valence-corrected chi connectivity index (χ2v) is 6.25. The van der Waals surface area contributed by atoms with Gasteiger partial charge in [-0.3, -0.25) is 4.79 Å². The van der Waals surface area contributed by atoms with Gasteiger partial charge in [-0.05, 0) is 35.9 Å². The van der Waals surface area contributed by atoms with Crippen molar-refractivity contribution < 1.29 is 18.7 Å². The summed E-state index contributed by atoms with van der Waals surface area (Å²) in [5.41, 5.74) is 1.59. The fourth-order valence-corrected chi connectivity index (χ4v) is 2.85. The lowest BCUT2D eigenvalue weighted by molar-refractivity contribution is -0.113. The van der Waals surface area contributed by atoms with Crippen molar-refractivity contribution >= 4 is 40.9 Å². The maximum absolute atomic E-state index is 12.8. The average molecular weight is 368 g/mol. The highest BCUT2D eigenvalue weighted by atomic mass is 35.5. The average Bonchev–Trinajstić information content (AvgIpc) is 2.58. The molecule has 0 saturated carbocycles. The smallest absolute Gasteiger partial charge is 0.337 e. The van der Waals surface area contributed by atoms with Gasteiger partial charge in [0, 0.05) is 5.75 Å². The molecule has 7 heteroatoms. The topological polar surface area (TPSA) is 55.4 Å². The molecule has 0 aromatic heterocycles. The van der Waals surface area contributed by atoms with E-state index in [0.29, 0.717) is 22.0 Å². The number of methoxy groups -OCH3 is 1. The van der Waals surface area contributed by atoms with E-state index >= 15 is 0 Å². The minimum absolute atomic E-state index is 0.205. The van der Waals surface area contributed by atoms with Crippen molar-refractivity contribution in [1.82, 2.24) is 0 Å². The normalized spacial score (nSPS) is 10.3. The van der Waals surface area contributed by atoms with E-state index in [2.05, 4.69) is 10.1 Å². The molecule has 0 saturated heterocycles. The van der Waals surface area contributed by atoms with Gasteiger partial charge < -0.3 is 10.1 Å². The quantitative estimate of drug-likeness (QED) is 0.780. The maximum Gasteiger partial charge on any atom is 0.337 e. The molecule has 24 heavy (non-hydrogen) atoms. The Morgan fingerprint density at radius 1 is 1.21 bits per heavy atom. The van der Waals surface area contributed by atoms with Crippen LogP contribution in [0.2, 0.25) is 5.02 Å². The molecule has 0 bridgehead atoms. The van der Waals surface area contributed by atoms with Gasteiger partial charge in [0.05, 0.1) is 29.1 Å². The predicted molar refractivity (Wildman–Crippen MR) is 94.0 cm³/mol. The Bertz CT molecular complexity index is 737. The Hall–Kier alpha value is -2.05. The van der Waals surface area contributed by atoms with E-state index in [4.69, 9.17) is 11.6 Å². The molecule has 2 aromatic carbocycles. The van der Waals surface area contributed by atoms with Crippen molar-refractivity contribution in [3.8, 4) is 0 Å². The molecule has 0 aliphatic rings. The third-order valence-electron chi connectivity index (χ3n) is 3.08. The molecule has 0 aliphatic carbocycles. The molecule has 4 nitrogen and oxygen atoms in total. The first-order chi connectivity index (χ1) is 11.5. The van der Waals surface area contributed by atoms with Crippen LogP contribution < -0.4 is 5.32 Å². The van der Waals surface area contributed by atoms with Crippen LogP contribution in [-0.2, 0) is 15.3 Å². The van der Waals surface area contributed by atoms with Crippen LogP contribution in [0.15, 0.2) is 42.5 Å². The third kappa shape index (κ3) is 5.25. The highest BCUT2D eigenvalue weighted by Crippen LogP contribution is 2.24. The third-order valence-corrected chi connectivity index (χ3v) is 4.41. The van der Waals surface area contributed by atoms with Crippen LogP contribution in [0, 0.1) is 5.82 Å². The number of hydrogen-bond acceptors (Lipinski definition) is 4. The number of carbonyl (C=O) groups is 2. The number of rotatable bonds is 6. The van der Waals surface area contributed by atoms with Crippen LogP contribution in [0.1, 0.15) is 15.9 Å². The van der Waals surface area contributed by atoms with Crippen molar-refractivity contribution in [2.75, 3.05) is 18.2 Å². The summed E-state index contributed by atoms with van der Waals surface area (Å²) in [5.74, 6) is -0.250. The van der Waals surface area contributed by atoms with Gasteiger partial charge in [-0.2, -0.15) is 0 Å². The maximum atomic E-state index is 12.8. The first-order valence-electron chi connectivity index (χ1n) is 6.99. The van der Waals surface area contributed by atoms with Gasteiger partial charge in [-0.1, -0.05) is 23.7 Å². The largest absolute Gasteiger partial charge is 0.465 e. The Morgan fingerprint density at radius 2 is 1.92 bits per heavy atom. The Morgan fingerprint density at radius 3 is 2.58 bits per heavy atom. The van der Waals surface area contributed by atoms with Crippen LogP contribution in [0.5, 0.6) is 0 Å². The highest BCUT2D eigenvalue weighted by Gasteiger charge is 2.11. The number of esters is 1. The number of hydrogen-bond donors (Lipinski definition) is 1. The van der Waals surface area contributed by atoms with E-state index in [1.165, 1.54) is 49.2 Å². The van der Waals surface area contributed by atoms with Gasteiger partial charge in [0.15, 0.2) is 0 Å². The molecule has 0 atom stereocenters. The second-order valence-electron chi connectivity index (χ2n) is 4.85. The summed E-state index contributed by atoms with van der Waals surface area (Å²) in [5, 5.41) is 3.00. The first-order valence-corrected chi connectivity index (χ1v) is 8.53. The summed E-state index contributed by atoms with van der Waals surface area (Å²) in [4.78, 5) is 23.5. The number of benzene rings is 2. The van der Waals surface area contributed by atoms with Crippen LogP contribution >= 0.6 is 23.4 Å². The van der Waals surface area contributed by atoms with Crippen LogP contribution in [0.4, 0.5) is 10.1 Å². The van der Waals surface area contributed by atoms with Gasteiger partial charge in [0.2, 0.25) is 5.91 Å². The monoisotopic (exact) mass is 367 g/mol. The van der Waals surface area contributed by atoms with Crippen LogP contribution in [-0.4, -0.2) is 24.7 Å². The van der Waals surface area contributed by atoms with E-state index in [1.54, 1.807) is 12.1 Å². The number of ether oxygens (including phenoxy) is 1. The Kier molecular flexibility index (Phi) is 6.63. The molecule has 2 aromatic rings. The van der Waals surface area contributed by atoms with Crippen molar-refractivity contribution in [2.24, 2.45) is 0 Å². The molecular formula is C17H15ClFNO3S. The minimum Gasteiger partial charge on any atom is -0.465 e. The van der Waals surface area contributed by atoms with E-state index < -0.39 is 5.97 Å². The standard InChI is InChI=1S/C17H15ClFNO3S/c1-23-17(22)12-4-7-14(18)15(8-12)20-16(21)10-24-9-11-2-5-13(19)6-3-11/h2-8H,9-10H2,1H3,(H,20,21). The molecule has 2 rings (SSSR count). The van der Waals surface area contributed by atoms with E-state index in [1.807, 2.05) is 0 Å². The molecule has 1 amide bonds. The zero-order valence-corrected chi connectivity index (χ0v) is 14.4. The van der Waals surface area contributed by atoms with Gasteiger partial charge in [-0.15, -0.1) is 11.8 Å². The number of anilines is 1. The van der Waals surface area contributed by atoms with E-state index in [-0.39, 0.29) is 17.5 Å². The number of amides is 1. The van der Waals surface area contributed by atoms with Crippen molar-refractivity contribution in [2.45, 2.75) is 5.75 Å². The number of thioether (sulfide) groups is 1. The molecule has 126 valence electrons. The minimum atomic E-state index is -0.507. The molecule has 0 heterocycles. The van der Waals surface area contributed by atoms with Gasteiger partial charge >= 0.3 is 5.97 Å². The molecule has 0 fully saturated rings. The van der Waals surface area contributed by atoms with Crippen molar-refractivity contribution in [3.05, 3.63) is 64.4 Å². The molecule has 0 radical (unpaired) electrons. The fourth-order valence-electron chi connectivity index (χ4n) is 1.89. The van der Waals surface area contributed by atoms with Crippen LogP contribution in [0.25, 0.3) is 0 Å². The first kappa shape index (κ1) is 18.3. The molecule has 0 spiro atoms. The van der Waals surface area contributed by atoms with Crippen molar-refractivity contribution in [3.63, 3.8) is 0 Å². The van der Waals surface area contributed by atoms with Crippen molar-refractivity contribution in [1.29, 1.82) is 0 Å². The van der Waals surface area contributed by atoms with E-state index in [9.17, 15) is 14.0 Å². The summed E-state index contributed by atoms with van der Waals surface area (Å²) in [7, 11) is 1.28. The summed E-state index contributed by atoms with van der Waals surface area (Å²) < 4.78 is 17.4. The molecule has 0 unspecified atom stereocenters. The number of halogens is 2. The molecule has 1 N–H and O–H groups in total. The Labute approximate surface area is 148 Å². The van der Waals surface area contributed by atoms with Gasteiger partial charge in [0.1, 0.15) is 5.82 Å². The zero-order valence-electron chi connectivity index (χ0n) is 12.8. The SMILES string of the molecule is COC(=O)c1ccc(Cl)c(NC(=O)CSCc2ccc(F)cc2)c1. The zero-order chi connectivity index (χ0) is 17.5. The highest BCUT2D eigenvalue weighted by molar-refractivity contribution is 7.99. The second kappa shape index (κ2) is 8.70. The lowest BCUT2D eigenvalue weighted by Gasteiger charge is -2.09. The lowest BCUT2D eigenvalue weighted by atomic mass is 10.2. The Balaban J connectivity index is 1.90. The number of nitrogens with one attached hydrogen (secondary N) is 1. The lowest BCUT2D eigenvalue weighted by Crippen LogP contribution is -2.15. The predicted octanol–water partition coefficient (Wildman–Crippen LogP) is 4.14. The summed E-state index contributed by atoms with van der Waals surface area (Å²) in [6, 6.07) is 10.6. The van der Waals surface area contributed by atoms with E-state index in [0.717, 1.165) is 5.56 Å².